The molecule has 1 amide bonds. The van der Waals surface area contributed by atoms with E-state index in [-0.39, 0.29) is 13.2 Å². The number of carbonyl (C=O) groups is 2. The fourth-order valence-corrected chi connectivity index (χ4v) is 5.34. The lowest BCUT2D eigenvalue weighted by atomic mass is 10.1. The van der Waals surface area contributed by atoms with Crippen molar-refractivity contribution in [2.45, 2.75) is 55.0 Å². The number of nitrogens with one attached hydrogen (secondary N) is 1. The van der Waals surface area contributed by atoms with Gasteiger partial charge >= 0.3 is 12.1 Å². The SMILES string of the molecule is COC(=O)CNC(=O)OCC1OC(n2cnc3c(SCc4ccc(OC)cc4)ncnc32)C2OC(C)(C)OC12. The molecular formula is C25H29N5O8S. The number of fused-ring (bicyclic) bond motifs is 2. The quantitative estimate of drug-likeness (QED) is 0.233. The summed E-state index contributed by atoms with van der Waals surface area (Å²) in [5.41, 5.74) is 2.33. The number of imidazole rings is 1. The van der Waals surface area contributed by atoms with Gasteiger partial charge in [-0.15, -0.1) is 0 Å². The molecule has 0 saturated carbocycles. The van der Waals surface area contributed by atoms with Crippen LogP contribution in [0.15, 0.2) is 41.9 Å². The van der Waals surface area contributed by atoms with Crippen LogP contribution < -0.4 is 10.1 Å². The molecule has 0 spiro atoms. The van der Waals surface area contributed by atoms with Gasteiger partial charge in [-0.2, -0.15) is 0 Å². The number of nitrogens with zero attached hydrogens (tertiary/aromatic N) is 4. The lowest BCUT2D eigenvalue weighted by Crippen LogP contribution is -2.37. The Bertz CT molecular complexity index is 1330. The maximum absolute atomic E-state index is 12.0. The molecule has 0 bridgehead atoms. The molecule has 4 unspecified atom stereocenters. The molecule has 0 aliphatic carbocycles. The summed E-state index contributed by atoms with van der Waals surface area (Å²) in [7, 11) is 2.87. The lowest BCUT2D eigenvalue weighted by molar-refractivity contribution is -0.199. The molecule has 13 nitrogen and oxygen atoms in total. The highest BCUT2D eigenvalue weighted by atomic mass is 32.2. The number of hydrogen-bond donors (Lipinski definition) is 1. The number of aromatic nitrogens is 4. The lowest BCUT2D eigenvalue weighted by Gasteiger charge is -2.24. The number of esters is 1. The first-order chi connectivity index (χ1) is 18.8. The van der Waals surface area contributed by atoms with Crippen molar-refractivity contribution in [2.75, 3.05) is 27.4 Å². The molecule has 14 heteroatoms. The number of thioether (sulfide) groups is 1. The van der Waals surface area contributed by atoms with Crippen molar-refractivity contribution >= 4 is 35.0 Å². The predicted octanol–water partition coefficient (Wildman–Crippen LogP) is 2.44. The van der Waals surface area contributed by atoms with Crippen LogP contribution in [0.1, 0.15) is 25.6 Å². The first kappa shape index (κ1) is 27.1. The van der Waals surface area contributed by atoms with Gasteiger partial charge in [0.25, 0.3) is 0 Å². The van der Waals surface area contributed by atoms with Crippen LogP contribution in [0.3, 0.4) is 0 Å². The highest BCUT2D eigenvalue weighted by Crippen LogP contribution is 2.44. The van der Waals surface area contributed by atoms with E-state index in [1.165, 1.54) is 13.4 Å². The van der Waals surface area contributed by atoms with E-state index < -0.39 is 42.4 Å². The molecule has 2 saturated heterocycles. The van der Waals surface area contributed by atoms with Gasteiger partial charge in [0.1, 0.15) is 54.1 Å². The van der Waals surface area contributed by atoms with Crippen molar-refractivity contribution in [3.8, 4) is 5.75 Å². The second-order valence-electron chi connectivity index (χ2n) is 9.30. The molecule has 2 aliphatic heterocycles. The number of hydrogen-bond acceptors (Lipinski definition) is 12. The average Bonchev–Trinajstić information content (AvgIpc) is 3.60. The van der Waals surface area contributed by atoms with Crippen molar-refractivity contribution < 1.29 is 38.0 Å². The molecule has 208 valence electrons. The Morgan fingerprint density at radius 1 is 1.10 bits per heavy atom. The summed E-state index contributed by atoms with van der Waals surface area (Å²) in [4.78, 5) is 36.8. The Labute approximate surface area is 228 Å². The fraction of sp³-hybridized carbons (Fsp3) is 0.480. The number of rotatable bonds is 9. The van der Waals surface area contributed by atoms with Crippen LogP contribution in [0.2, 0.25) is 0 Å². The number of ether oxygens (including phenoxy) is 6. The van der Waals surface area contributed by atoms with E-state index in [2.05, 4.69) is 25.0 Å². The zero-order chi connectivity index (χ0) is 27.6. The first-order valence-corrected chi connectivity index (χ1v) is 13.2. The Kier molecular flexibility index (Phi) is 7.88. The summed E-state index contributed by atoms with van der Waals surface area (Å²) in [5, 5.41) is 3.06. The summed E-state index contributed by atoms with van der Waals surface area (Å²) in [5.74, 6) is 0.0338. The van der Waals surface area contributed by atoms with Gasteiger partial charge in [0, 0.05) is 5.75 Å². The number of methoxy groups -OCH3 is 2. The molecule has 2 fully saturated rings. The van der Waals surface area contributed by atoms with Gasteiger partial charge in [-0.05, 0) is 31.5 Å². The van der Waals surface area contributed by atoms with Gasteiger partial charge in [0.15, 0.2) is 17.7 Å². The third kappa shape index (κ3) is 5.93. The van der Waals surface area contributed by atoms with E-state index in [0.717, 1.165) is 16.3 Å². The number of alkyl carbamates (subject to hydrolysis) is 1. The standard InChI is InChI=1S/C25H29N5O8S/c1-25(2)37-19-16(10-35-24(32)26-9-17(31)34-4)36-23(20(19)38-25)30-13-29-18-21(30)27-12-28-22(18)39-11-14-5-7-15(33-3)8-6-14/h5-8,12-13,16,19-20,23H,9-11H2,1-4H3,(H,26,32). The van der Waals surface area contributed by atoms with Crippen LogP contribution in [-0.4, -0.2) is 83.1 Å². The summed E-state index contributed by atoms with van der Waals surface area (Å²) in [6, 6.07) is 7.85. The smallest absolute Gasteiger partial charge is 0.407 e. The van der Waals surface area contributed by atoms with Crippen LogP contribution in [0, 0.1) is 0 Å². The van der Waals surface area contributed by atoms with E-state index in [4.69, 9.17) is 23.7 Å². The third-order valence-electron chi connectivity index (χ3n) is 6.24. The van der Waals surface area contributed by atoms with E-state index in [0.29, 0.717) is 16.9 Å². The molecule has 1 N–H and O–H groups in total. The summed E-state index contributed by atoms with van der Waals surface area (Å²) >= 11 is 1.55. The zero-order valence-electron chi connectivity index (χ0n) is 21.9. The van der Waals surface area contributed by atoms with Crippen molar-refractivity contribution in [3.63, 3.8) is 0 Å². The van der Waals surface area contributed by atoms with Crippen molar-refractivity contribution in [1.82, 2.24) is 24.8 Å². The van der Waals surface area contributed by atoms with Crippen LogP contribution in [0.5, 0.6) is 5.75 Å². The van der Waals surface area contributed by atoms with E-state index in [1.807, 2.05) is 38.1 Å². The van der Waals surface area contributed by atoms with Crippen LogP contribution >= 0.6 is 11.8 Å². The number of amides is 1. The molecule has 2 aliphatic rings. The zero-order valence-corrected chi connectivity index (χ0v) is 22.7. The second kappa shape index (κ2) is 11.3. The van der Waals surface area contributed by atoms with E-state index in [9.17, 15) is 9.59 Å². The molecule has 39 heavy (non-hydrogen) atoms. The normalized spacial score (nSPS) is 23.4. The largest absolute Gasteiger partial charge is 0.497 e. The molecule has 3 aromatic rings. The summed E-state index contributed by atoms with van der Waals surface area (Å²) in [6.07, 6.45) is 0.0691. The Morgan fingerprint density at radius 3 is 2.62 bits per heavy atom. The monoisotopic (exact) mass is 559 g/mol. The van der Waals surface area contributed by atoms with Gasteiger partial charge in [0.2, 0.25) is 0 Å². The van der Waals surface area contributed by atoms with Gasteiger partial charge in [-0.1, -0.05) is 23.9 Å². The first-order valence-electron chi connectivity index (χ1n) is 12.2. The van der Waals surface area contributed by atoms with Gasteiger partial charge in [-0.3, -0.25) is 9.36 Å². The highest BCUT2D eigenvalue weighted by molar-refractivity contribution is 7.98. The minimum absolute atomic E-state index is 0.116. The van der Waals surface area contributed by atoms with Gasteiger partial charge < -0.3 is 33.7 Å². The van der Waals surface area contributed by atoms with Crippen molar-refractivity contribution in [2.24, 2.45) is 0 Å². The number of benzene rings is 1. The Morgan fingerprint density at radius 2 is 1.87 bits per heavy atom. The van der Waals surface area contributed by atoms with Gasteiger partial charge in [-0.25, -0.2) is 19.7 Å². The van der Waals surface area contributed by atoms with Crippen molar-refractivity contribution in [1.29, 1.82) is 0 Å². The number of carbonyl (C=O) groups excluding carboxylic acids is 2. The molecular weight excluding hydrogens is 530 g/mol. The predicted molar refractivity (Wildman–Crippen MR) is 137 cm³/mol. The summed E-state index contributed by atoms with van der Waals surface area (Å²) < 4.78 is 35.3. The third-order valence-corrected chi connectivity index (χ3v) is 7.29. The fourth-order valence-electron chi connectivity index (χ4n) is 4.44. The maximum atomic E-state index is 12.0. The topological polar surface area (TPSA) is 145 Å². The molecule has 4 atom stereocenters. The van der Waals surface area contributed by atoms with Crippen molar-refractivity contribution in [3.05, 3.63) is 42.5 Å². The summed E-state index contributed by atoms with van der Waals surface area (Å²) in [6.45, 7) is 3.20. The molecule has 1 aromatic carbocycles. The van der Waals surface area contributed by atoms with E-state index >= 15 is 0 Å². The highest BCUT2D eigenvalue weighted by Gasteiger charge is 2.56. The van der Waals surface area contributed by atoms with Crippen LogP contribution in [0.4, 0.5) is 4.79 Å². The minimum atomic E-state index is -0.868. The Balaban J connectivity index is 1.31. The van der Waals surface area contributed by atoms with Gasteiger partial charge in [0.05, 0.1) is 20.5 Å². The maximum Gasteiger partial charge on any atom is 0.407 e. The molecule has 2 aromatic heterocycles. The molecule has 4 heterocycles. The Hall–Kier alpha value is -3.46. The molecule has 5 rings (SSSR count). The average molecular weight is 560 g/mol. The van der Waals surface area contributed by atoms with E-state index in [1.54, 1.807) is 29.8 Å². The second-order valence-corrected chi connectivity index (χ2v) is 10.3. The minimum Gasteiger partial charge on any atom is -0.497 e. The van der Waals surface area contributed by atoms with Crippen LogP contribution in [0.25, 0.3) is 11.2 Å². The van der Waals surface area contributed by atoms with Crippen LogP contribution in [-0.2, 0) is 34.2 Å². The molecule has 0 radical (unpaired) electrons.